The van der Waals surface area contributed by atoms with Crippen molar-refractivity contribution >= 4 is 52.3 Å². The number of hydrogen-bond acceptors (Lipinski definition) is 5. The van der Waals surface area contributed by atoms with Crippen LogP contribution in [0.3, 0.4) is 0 Å². The maximum Gasteiger partial charge on any atom is 0.179 e. The lowest BCUT2D eigenvalue weighted by atomic mass is 10.1. The van der Waals surface area contributed by atoms with Crippen LogP contribution >= 0.6 is 35.0 Å². The number of carbonyl (C=O) groups excluding carboxylic acids is 1. The Morgan fingerprint density at radius 1 is 1.48 bits per heavy atom. The fourth-order valence-corrected chi connectivity index (χ4v) is 3.30. The van der Waals surface area contributed by atoms with E-state index in [1.807, 2.05) is 0 Å². The molecule has 0 amide bonds. The first-order valence-electron chi connectivity index (χ1n) is 6.86. The van der Waals surface area contributed by atoms with Gasteiger partial charge in [0.05, 0.1) is 38.7 Å². The number of nitrogens with one attached hydrogen (secondary N) is 2. The van der Waals surface area contributed by atoms with Crippen molar-refractivity contribution in [3.63, 3.8) is 0 Å². The normalized spacial score (nSPS) is 14.3. The van der Waals surface area contributed by atoms with Gasteiger partial charge in [-0.15, -0.1) is 0 Å². The number of ether oxygens (including phenoxy) is 1. The fraction of sp³-hybridized carbons (Fsp3) is 0.333. The van der Waals surface area contributed by atoms with Gasteiger partial charge in [0.25, 0.3) is 0 Å². The number of thioether (sulfide) groups is 1. The smallest absolute Gasteiger partial charge is 0.179 e. The molecule has 0 aliphatic carbocycles. The number of nitrogens with zero attached hydrogens (tertiary/aromatic N) is 1. The van der Waals surface area contributed by atoms with Gasteiger partial charge in [-0.25, -0.2) is 0 Å². The fourth-order valence-electron chi connectivity index (χ4n) is 2.00. The summed E-state index contributed by atoms with van der Waals surface area (Å²) in [6.07, 6.45) is 0. The molecule has 1 aromatic rings. The topological polar surface area (TPSA) is 65.4 Å². The zero-order chi connectivity index (χ0) is 17.0. The van der Waals surface area contributed by atoms with Crippen LogP contribution in [0.5, 0.6) is 0 Å². The van der Waals surface area contributed by atoms with Crippen LogP contribution in [0.2, 0.25) is 10.0 Å². The number of amidine groups is 1. The highest BCUT2D eigenvalue weighted by Gasteiger charge is 2.29. The summed E-state index contributed by atoms with van der Waals surface area (Å²) in [5.41, 5.74) is 0.978. The molecule has 0 atom stereocenters. The molecule has 0 spiro atoms. The number of anilines is 1. The molecule has 2 N–H and O–H groups in total. The third-order valence-corrected chi connectivity index (χ3v) is 5.12. The number of halogens is 2. The van der Waals surface area contributed by atoms with E-state index in [9.17, 15) is 4.79 Å². The molecule has 0 fully saturated rings. The number of benzene rings is 1. The van der Waals surface area contributed by atoms with E-state index in [2.05, 4.69) is 5.32 Å². The molecule has 1 aliphatic rings. The first-order valence-corrected chi connectivity index (χ1v) is 8.60. The van der Waals surface area contributed by atoms with Crippen LogP contribution in [-0.4, -0.2) is 49.6 Å². The van der Waals surface area contributed by atoms with E-state index >= 15 is 0 Å². The lowest BCUT2D eigenvalue weighted by Gasteiger charge is -2.20. The molecule has 0 saturated carbocycles. The van der Waals surface area contributed by atoms with Crippen molar-refractivity contribution in [1.82, 2.24) is 4.90 Å². The molecule has 0 saturated heterocycles. The number of carbonyl (C=O) groups is 1. The Kier molecular flexibility index (Phi) is 6.35. The Balaban J connectivity index is 2.26. The van der Waals surface area contributed by atoms with Gasteiger partial charge in [0.15, 0.2) is 5.78 Å². The van der Waals surface area contributed by atoms with Crippen molar-refractivity contribution in [2.45, 2.75) is 0 Å². The van der Waals surface area contributed by atoms with Crippen LogP contribution in [0.25, 0.3) is 0 Å². The molecular weight excluding hydrogens is 357 g/mol. The standard InChI is InChI=1S/C15H17Cl2N3O2S/c1-20(6-7-22-2)14(18)12-11(21)8-23-15(12)19-10-5-3-4-9(16)13(10)17/h3-5,18-19H,6-8H2,1-2H3. The number of hydrogen-bond donors (Lipinski definition) is 2. The van der Waals surface area contributed by atoms with E-state index in [4.69, 9.17) is 33.3 Å². The van der Waals surface area contributed by atoms with Gasteiger partial charge in [0, 0.05) is 20.7 Å². The van der Waals surface area contributed by atoms with Crippen LogP contribution in [-0.2, 0) is 9.53 Å². The highest BCUT2D eigenvalue weighted by atomic mass is 35.5. The highest BCUT2D eigenvalue weighted by molar-refractivity contribution is 8.04. The molecule has 0 bridgehead atoms. The summed E-state index contributed by atoms with van der Waals surface area (Å²) >= 11 is 13.5. The number of likely N-dealkylation sites (N-methyl/N-ethyl adjacent to an activating group) is 1. The molecule has 1 aromatic carbocycles. The predicted molar refractivity (Wildman–Crippen MR) is 96.8 cm³/mol. The Labute approximate surface area is 149 Å². The average molecular weight is 374 g/mol. The highest BCUT2D eigenvalue weighted by Crippen LogP contribution is 2.36. The van der Waals surface area contributed by atoms with Gasteiger partial charge in [-0.1, -0.05) is 41.0 Å². The maximum atomic E-state index is 12.2. The maximum absolute atomic E-state index is 12.2. The van der Waals surface area contributed by atoms with Crippen LogP contribution in [0.15, 0.2) is 28.8 Å². The van der Waals surface area contributed by atoms with Gasteiger partial charge in [0.1, 0.15) is 5.84 Å². The molecule has 0 radical (unpaired) electrons. The molecule has 1 aliphatic heterocycles. The van der Waals surface area contributed by atoms with Crippen LogP contribution in [0.1, 0.15) is 0 Å². The predicted octanol–water partition coefficient (Wildman–Crippen LogP) is 3.49. The van der Waals surface area contributed by atoms with Crippen LogP contribution in [0, 0.1) is 5.41 Å². The second-order valence-corrected chi connectivity index (χ2v) is 6.68. The van der Waals surface area contributed by atoms with Crippen molar-refractivity contribution in [3.05, 3.63) is 38.8 Å². The zero-order valence-corrected chi connectivity index (χ0v) is 15.1. The van der Waals surface area contributed by atoms with Crippen LogP contribution < -0.4 is 5.32 Å². The van der Waals surface area contributed by atoms with E-state index in [1.54, 1.807) is 37.3 Å². The van der Waals surface area contributed by atoms with E-state index in [-0.39, 0.29) is 11.6 Å². The van der Waals surface area contributed by atoms with Gasteiger partial charge in [0.2, 0.25) is 0 Å². The van der Waals surface area contributed by atoms with Gasteiger partial charge >= 0.3 is 0 Å². The summed E-state index contributed by atoms with van der Waals surface area (Å²) in [6.45, 7) is 1.01. The molecule has 8 heteroatoms. The summed E-state index contributed by atoms with van der Waals surface area (Å²) < 4.78 is 5.01. The van der Waals surface area contributed by atoms with Gasteiger partial charge in [-0.05, 0) is 12.1 Å². The lowest BCUT2D eigenvalue weighted by molar-refractivity contribution is -0.112. The second kappa shape index (κ2) is 8.06. The van der Waals surface area contributed by atoms with E-state index < -0.39 is 0 Å². The third kappa shape index (κ3) is 4.20. The molecule has 124 valence electrons. The van der Waals surface area contributed by atoms with Gasteiger partial charge < -0.3 is 15.0 Å². The third-order valence-electron chi connectivity index (χ3n) is 3.30. The quantitative estimate of drug-likeness (QED) is 0.590. The molecule has 1 heterocycles. The summed E-state index contributed by atoms with van der Waals surface area (Å²) in [6, 6.07) is 5.24. The Morgan fingerprint density at radius 3 is 2.91 bits per heavy atom. The Bertz CT molecular complexity index is 664. The Morgan fingerprint density at radius 2 is 2.22 bits per heavy atom. The molecule has 0 unspecified atom stereocenters. The lowest BCUT2D eigenvalue weighted by Crippen LogP contribution is -2.33. The summed E-state index contributed by atoms with van der Waals surface area (Å²) in [4.78, 5) is 13.9. The average Bonchev–Trinajstić information content (AvgIpc) is 2.89. The zero-order valence-electron chi connectivity index (χ0n) is 12.8. The minimum absolute atomic E-state index is 0.0788. The molecule has 2 rings (SSSR count). The minimum Gasteiger partial charge on any atom is -0.383 e. The minimum atomic E-state index is -0.0788. The van der Waals surface area contributed by atoms with Crippen molar-refractivity contribution in [2.24, 2.45) is 0 Å². The molecular formula is C15H17Cl2N3O2S. The molecule has 0 aromatic heterocycles. The summed E-state index contributed by atoms with van der Waals surface area (Å²) in [7, 11) is 3.36. The Hall–Kier alpha value is -1.21. The number of ketones is 1. The van der Waals surface area contributed by atoms with Crippen molar-refractivity contribution in [2.75, 3.05) is 38.4 Å². The second-order valence-electron chi connectivity index (χ2n) is 4.91. The van der Waals surface area contributed by atoms with Gasteiger partial charge in [-0.3, -0.25) is 10.2 Å². The monoisotopic (exact) mass is 373 g/mol. The largest absolute Gasteiger partial charge is 0.383 e. The van der Waals surface area contributed by atoms with Gasteiger partial charge in [-0.2, -0.15) is 0 Å². The van der Waals surface area contributed by atoms with Crippen molar-refractivity contribution < 1.29 is 9.53 Å². The summed E-state index contributed by atoms with van der Waals surface area (Å²) in [5, 5.41) is 12.8. The van der Waals surface area contributed by atoms with E-state index in [0.717, 1.165) is 0 Å². The molecule has 5 nitrogen and oxygen atoms in total. The van der Waals surface area contributed by atoms with Crippen LogP contribution in [0.4, 0.5) is 5.69 Å². The van der Waals surface area contributed by atoms with E-state index in [1.165, 1.54) is 11.8 Å². The number of methoxy groups -OCH3 is 1. The number of Topliss-reactive ketones (excluding diaryl/α,β-unsaturated/α-hetero) is 1. The first-order chi connectivity index (χ1) is 11.0. The number of rotatable bonds is 6. The first kappa shape index (κ1) is 18.1. The van der Waals surface area contributed by atoms with Crippen molar-refractivity contribution in [1.29, 1.82) is 5.41 Å². The van der Waals surface area contributed by atoms with E-state index in [0.29, 0.717) is 45.2 Å². The van der Waals surface area contributed by atoms with Crippen molar-refractivity contribution in [3.8, 4) is 0 Å². The SMILES string of the molecule is COCCN(C)C(=N)C1=C(Nc2cccc(Cl)c2Cl)SCC1=O. The molecule has 23 heavy (non-hydrogen) atoms. The summed E-state index contributed by atoms with van der Waals surface area (Å²) in [5.74, 6) is 0.388.